The van der Waals surface area contributed by atoms with Crippen molar-refractivity contribution in [3.63, 3.8) is 0 Å². The first-order valence-corrected chi connectivity index (χ1v) is 3.02. The Morgan fingerprint density at radius 1 is 1.38 bits per heavy atom. The molecule has 2 heteroatoms. The molecule has 0 radical (unpaired) electrons. The van der Waals surface area contributed by atoms with Crippen LogP contribution in [0.15, 0.2) is 0 Å². The Hall–Kier alpha value is 0.557. The van der Waals surface area contributed by atoms with Gasteiger partial charge in [0.25, 0.3) is 0 Å². The number of rotatable bonds is 3. The third-order valence-corrected chi connectivity index (χ3v) is 1.13. The summed E-state index contributed by atoms with van der Waals surface area (Å²) in [6.45, 7) is 4.19. The molecule has 0 saturated heterocycles. The van der Waals surface area contributed by atoms with Gasteiger partial charge in [0, 0.05) is 0 Å². The summed E-state index contributed by atoms with van der Waals surface area (Å²) in [5.41, 5.74) is 7.22. The number of nitrogens with one attached hydrogen (secondary N) is 1. The molecule has 0 heterocycles. The second-order valence-corrected chi connectivity index (χ2v) is 1.89. The smallest absolute Gasteiger partial charge is 0.675 e. The maximum absolute atomic E-state index is 7.22. The second kappa shape index (κ2) is 7.56. The quantitative estimate of drug-likeness (QED) is 0.439. The molecule has 8 heavy (non-hydrogen) atoms. The molecule has 0 aromatic rings. The Labute approximate surface area is 64.2 Å². The molecule has 0 spiro atoms. The van der Waals surface area contributed by atoms with Gasteiger partial charge in [-0.05, 0) is 0 Å². The number of hydrogen-bond acceptors (Lipinski definition) is 0. The zero-order chi connectivity index (χ0) is 5.70. The average molecular weight is 107 g/mol. The average Bonchev–Trinajstić information content (AvgIpc) is 1.68. The Bertz CT molecular complexity index is 39.5. The minimum absolute atomic E-state index is 0. The van der Waals surface area contributed by atoms with Gasteiger partial charge in [-0.25, -0.2) is 0 Å². The van der Waals surface area contributed by atoms with Crippen LogP contribution in [0.5, 0.6) is 0 Å². The van der Waals surface area contributed by atoms with E-state index in [2.05, 4.69) is 13.8 Å². The van der Waals surface area contributed by atoms with Crippen LogP contribution in [-0.4, -0.2) is 6.04 Å². The minimum atomic E-state index is 0. The van der Waals surface area contributed by atoms with Crippen molar-refractivity contribution >= 4 is 0 Å². The van der Waals surface area contributed by atoms with Crippen LogP contribution < -0.4 is 18.9 Å². The maximum atomic E-state index is 7.22. The Morgan fingerprint density at radius 3 is 2.00 bits per heavy atom. The SMILES string of the molecule is CCCC([NH-])CC.[Li+]. The Morgan fingerprint density at radius 2 is 1.88 bits per heavy atom. The van der Waals surface area contributed by atoms with E-state index in [1.54, 1.807) is 0 Å². The summed E-state index contributed by atoms with van der Waals surface area (Å²) in [7, 11) is 0. The van der Waals surface area contributed by atoms with Crippen molar-refractivity contribution in [2.24, 2.45) is 0 Å². The van der Waals surface area contributed by atoms with Crippen LogP contribution in [-0.2, 0) is 0 Å². The third-order valence-electron chi connectivity index (χ3n) is 1.13. The molecular formula is C6H14LiN. The molecule has 0 bridgehead atoms. The van der Waals surface area contributed by atoms with E-state index >= 15 is 0 Å². The van der Waals surface area contributed by atoms with E-state index in [1.807, 2.05) is 0 Å². The van der Waals surface area contributed by atoms with Gasteiger partial charge in [0.2, 0.25) is 0 Å². The molecule has 0 aliphatic carbocycles. The normalized spacial score (nSPS) is 12.4. The standard InChI is InChI=1S/C6H14N.Li/c1-3-5-6(7)4-2;/h6-7H,3-5H2,1-2H3;/q-1;+1. The van der Waals surface area contributed by atoms with Gasteiger partial charge in [-0.1, -0.05) is 33.1 Å². The van der Waals surface area contributed by atoms with Crippen molar-refractivity contribution < 1.29 is 18.9 Å². The van der Waals surface area contributed by atoms with E-state index in [0.29, 0.717) is 0 Å². The molecule has 1 unspecified atom stereocenters. The molecular weight excluding hydrogens is 93.0 g/mol. The summed E-state index contributed by atoms with van der Waals surface area (Å²) in [6.07, 6.45) is 3.23. The molecule has 0 amide bonds. The summed E-state index contributed by atoms with van der Waals surface area (Å²) >= 11 is 0. The monoisotopic (exact) mass is 107 g/mol. The van der Waals surface area contributed by atoms with Crippen molar-refractivity contribution in [2.75, 3.05) is 0 Å². The zero-order valence-electron chi connectivity index (χ0n) is 6.20. The predicted octanol–water partition coefficient (Wildman–Crippen LogP) is -0.379. The van der Waals surface area contributed by atoms with Crippen molar-refractivity contribution in [3.05, 3.63) is 5.73 Å². The van der Waals surface area contributed by atoms with E-state index in [0.717, 1.165) is 19.3 Å². The number of hydrogen-bond donors (Lipinski definition) is 0. The van der Waals surface area contributed by atoms with E-state index in [4.69, 9.17) is 5.73 Å². The Kier molecular flexibility index (Phi) is 10.7. The first-order valence-electron chi connectivity index (χ1n) is 3.02. The van der Waals surface area contributed by atoms with Gasteiger partial charge in [0.15, 0.2) is 0 Å². The van der Waals surface area contributed by atoms with E-state index in [9.17, 15) is 0 Å². The first-order chi connectivity index (χ1) is 3.31. The first kappa shape index (κ1) is 11.4. The van der Waals surface area contributed by atoms with Gasteiger partial charge in [-0.2, -0.15) is 0 Å². The molecule has 0 aromatic carbocycles. The van der Waals surface area contributed by atoms with Crippen LogP contribution in [0.2, 0.25) is 0 Å². The van der Waals surface area contributed by atoms with Crippen LogP contribution in [0.25, 0.3) is 5.73 Å². The molecule has 44 valence electrons. The molecule has 0 rings (SSSR count). The van der Waals surface area contributed by atoms with Gasteiger partial charge >= 0.3 is 18.9 Å². The summed E-state index contributed by atoms with van der Waals surface area (Å²) in [4.78, 5) is 0. The minimum Gasteiger partial charge on any atom is -0.675 e. The molecule has 0 aromatic heterocycles. The van der Waals surface area contributed by atoms with Gasteiger partial charge in [0.05, 0.1) is 0 Å². The van der Waals surface area contributed by atoms with Crippen molar-refractivity contribution in [1.29, 1.82) is 0 Å². The summed E-state index contributed by atoms with van der Waals surface area (Å²) in [5.74, 6) is 0. The van der Waals surface area contributed by atoms with Crippen molar-refractivity contribution in [2.45, 2.75) is 39.2 Å². The topological polar surface area (TPSA) is 23.8 Å². The summed E-state index contributed by atoms with van der Waals surface area (Å²) < 4.78 is 0. The van der Waals surface area contributed by atoms with E-state index < -0.39 is 0 Å². The molecule has 0 saturated carbocycles. The molecule has 1 nitrogen and oxygen atoms in total. The van der Waals surface area contributed by atoms with Crippen LogP contribution in [0.4, 0.5) is 0 Å². The van der Waals surface area contributed by atoms with Gasteiger partial charge < -0.3 is 5.73 Å². The van der Waals surface area contributed by atoms with Gasteiger partial charge in [-0.15, -0.1) is 6.04 Å². The third kappa shape index (κ3) is 6.56. The molecule has 1 N–H and O–H groups in total. The predicted molar refractivity (Wildman–Crippen MR) is 33.3 cm³/mol. The fourth-order valence-corrected chi connectivity index (χ4v) is 0.553. The van der Waals surface area contributed by atoms with Crippen molar-refractivity contribution in [3.8, 4) is 0 Å². The summed E-state index contributed by atoms with van der Waals surface area (Å²) in [6, 6.07) is 0.199. The van der Waals surface area contributed by atoms with Gasteiger partial charge in [0.1, 0.15) is 0 Å². The summed E-state index contributed by atoms with van der Waals surface area (Å²) in [5, 5.41) is 0. The van der Waals surface area contributed by atoms with Crippen LogP contribution in [0.1, 0.15) is 33.1 Å². The molecule has 0 fully saturated rings. The van der Waals surface area contributed by atoms with E-state index in [1.165, 1.54) is 0 Å². The molecule has 1 atom stereocenters. The molecule has 0 aliphatic heterocycles. The van der Waals surface area contributed by atoms with Crippen molar-refractivity contribution in [1.82, 2.24) is 0 Å². The largest absolute Gasteiger partial charge is 1.00 e. The fraction of sp³-hybridized carbons (Fsp3) is 1.00. The maximum Gasteiger partial charge on any atom is 1.00 e. The molecule has 0 aliphatic rings. The van der Waals surface area contributed by atoms with Gasteiger partial charge in [-0.3, -0.25) is 0 Å². The van der Waals surface area contributed by atoms with Crippen LogP contribution >= 0.6 is 0 Å². The fourth-order valence-electron chi connectivity index (χ4n) is 0.553. The zero-order valence-corrected chi connectivity index (χ0v) is 6.20. The van der Waals surface area contributed by atoms with E-state index in [-0.39, 0.29) is 24.9 Å². The second-order valence-electron chi connectivity index (χ2n) is 1.89. The van der Waals surface area contributed by atoms with Crippen LogP contribution in [0.3, 0.4) is 0 Å². The van der Waals surface area contributed by atoms with Crippen LogP contribution in [0, 0.1) is 0 Å². The Balaban J connectivity index is 0.